The molecule has 1 amide bonds. The maximum atomic E-state index is 12.1. The average Bonchev–Trinajstić information content (AvgIpc) is 3.05. The Hall–Kier alpha value is -2.52. The summed E-state index contributed by atoms with van der Waals surface area (Å²) in [5, 5.41) is 6.13. The van der Waals surface area contributed by atoms with E-state index in [4.69, 9.17) is 5.84 Å². The third-order valence-electron chi connectivity index (χ3n) is 2.68. The molecule has 0 aromatic carbocycles. The van der Waals surface area contributed by atoms with Crippen LogP contribution in [0.4, 0.5) is 0 Å². The van der Waals surface area contributed by atoms with Gasteiger partial charge in [-0.15, -0.1) is 16.4 Å². The molecule has 9 heteroatoms. The third kappa shape index (κ3) is 2.08. The summed E-state index contributed by atoms with van der Waals surface area (Å²) in [5.74, 6) is 4.58. The highest BCUT2D eigenvalue weighted by atomic mass is 32.1. The number of carbonyl (C=O) groups is 1. The number of hydrogen-bond acceptors (Lipinski definition) is 6. The lowest BCUT2D eigenvalue weighted by atomic mass is 10.5. The van der Waals surface area contributed by atoms with Gasteiger partial charge >= 0.3 is 5.69 Å². The van der Waals surface area contributed by atoms with Crippen LogP contribution in [0.3, 0.4) is 0 Å². The number of rotatable bonds is 3. The van der Waals surface area contributed by atoms with Crippen molar-refractivity contribution in [2.75, 3.05) is 0 Å². The molecule has 0 saturated carbocycles. The molecule has 3 aromatic rings. The summed E-state index contributed by atoms with van der Waals surface area (Å²) >= 11 is 1.16. The van der Waals surface area contributed by atoms with Crippen molar-refractivity contribution in [2.45, 2.75) is 6.54 Å². The molecule has 20 heavy (non-hydrogen) atoms. The Morgan fingerprint density at radius 3 is 3.05 bits per heavy atom. The van der Waals surface area contributed by atoms with E-state index in [0.717, 1.165) is 11.3 Å². The first-order valence-electron chi connectivity index (χ1n) is 5.68. The molecule has 0 radical (unpaired) electrons. The quantitative estimate of drug-likeness (QED) is 0.388. The van der Waals surface area contributed by atoms with Crippen LogP contribution in [0, 0.1) is 0 Å². The lowest BCUT2D eigenvalue weighted by Gasteiger charge is -1.94. The molecular formula is C11H10N6O2S. The molecular weight excluding hydrogens is 280 g/mol. The first-order chi connectivity index (χ1) is 9.69. The van der Waals surface area contributed by atoms with Crippen LogP contribution >= 0.6 is 11.3 Å². The minimum atomic E-state index is -0.455. The van der Waals surface area contributed by atoms with E-state index in [-0.39, 0.29) is 17.2 Å². The highest BCUT2D eigenvalue weighted by Gasteiger charge is 2.12. The number of nitrogen functional groups attached to an aromatic ring is 1. The van der Waals surface area contributed by atoms with Crippen LogP contribution in [-0.4, -0.2) is 25.1 Å². The zero-order valence-electron chi connectivity index (χ0n) is 10.2. The van der Waals surface area contributed by atoms with Gasteiger partial charge in [0.15, 0.2) is 10.7 Å². The predicted octanol–water partition coefficient (Wildman–Crippen LogP) is -0.396. The molecule has 0 fully saturated rings. The van der Waals surface area contributed by atoms with Gasteiger partial charge in [-0.05, 0) is 12.1 Å². The molecule has 0 bridgehead atoms. The number of aromatic nitrogens is 4. The second-order valence-corrected chi connectivity index (χ2v) is 4.84. The average molecular weight is 290 g/mol. The number of pyridine rings is 1. The number of carbonyl (C=O) groups excluding carboxylic acids is 1. The summed E-state index contributed by atoms with van der Waals surface area (Å²) in [4.78, 5) is 27.5. The maximum absolute atomic E-state index is 12.1. The Morgan fingerprint density at radius 1 is 1.45 bits per heavy atom. The smallest absolute Gasteiger partial charge is 0.288 e. The fraction of sp³-hybridized carbons (Fsp3) is 0.0909. The van der Waals surface area contributed by atoms with E-state index in [2.05, 4.69) is 10.1 Å². The topological polar surface area (TPSA) is 107 Å². The van der Waals surface area contributed by atoms with E-state index in [9.17, 15) is 9.59 Å². The number of nitrogens with one attached hydrogen (secondary N) is 1. The standard InChI is InChI=1S/C11H10N6O2S/c12-14-9(18)10-13-7(6-20-10)5-17-11(19)16-4-2-1-3-8(16)15-17/h1-4,6H,5,12H2,(H,14,18). The number of fused-ring (bicyclic) bond motifs is 1. The van der Waals surface area contributed by atoms with Gasteiger partial charge in [-0.2, -0.15) is 0 Å². The maximum Gasteiger partial charge on any atom is 0.350 e. The number of nitrogens with two attached hydrogens (primary N) is 1. The van der Waals surface area contributed by atoms with Gasteiger partial charge < -0.3 is 0 Å². The van der Waals surface area contributed by atoms with E-state index < -0.39 is 5.91 Å². The van der Waals surface area contributed by atoms with Crippen LogP contribution in [0.1, 0.15) is 15.5 Å². The van der Waals surface area contributed by atoms with E-state index in [1.54, 1.807) is 29.8 Å². The lowest BCUT2D eigenvalue weighted by molar-refractivity contribution is 0.0953. The van der Waals surface area contributed by atoms with Gasteiger partial charge in [-0.3, -0.25) is 14.6 Å². The normalized spacial score (nSPS) is 10.8. The Bertz CT molecular complexity index is 833. The molecule has 0 aliphatic carbocycles. The largest absolute Gasteiger partial charge is 0.350 e. The molecule has 3 N–H and O–H groups in total. The molecule has 0 saturated heterocycles. The van der Waals surface area contributed by atoms with Crippen molar-refractivity contribution in [1.82, 2.24) is 24.6 Å². The number of amides is 1. The fourth-order valence-corrected chi connectivity index (χ4v) is 2.48. The Balaban J connectivity index is 1.93. The van der Waals surface area contributed by atoms with E-state index in [0.29, 0.717) is 11.3 Å². The molecule has 0 unspecified atom stereocenters. The fourth-order valence-electron chi connectivity index (χ4n) is 1.77. The molecule has 0 aliphatic rings. The summed E-state index contributed by atoms with van der Waals surface area (Å²) in [6, 6.07) is 5.30. The molecule has 8 nitrogen and oxygen atoms in total. The number of hydrogen-bond donors (Lipinski definition) is 2. The van der Waals surface area contributed by atoms with Crippen LogP contribution in [0.5, 0.6) is 0 Å². The van der Waals surface area contributed by atoms with Crippen LogP contribution in [0.15, 0.2) is 34.6 Å². The second-order valence-electron chi connectivity index (χ2n) is 3.99. The van der Waals surface area contributed by atoms with Gasteiger partial charge in [-0.1, -0.05) is 6.07 Å². The van der Waals surface area contributed by atoms with Crippen molar-refractivity contribution in [3.05, 3.63) is 51.0 Å². The van der Waals surface area contributed by atoms with Crippen LogP contribution in [0.25, 0.3) is 5.65 Å². The van der Waals surface area contributed by atoms with Crippen LogP contribution < -0.4 is 17.0 Å². The summed E-state index contributed by atoms with van der Waals surface area (Å²) in [6.45, 7) is 0.203. The van der Waals surface area contributed by atoms with Crippen molar-refractivity contribution < 1.29 is 4.79 Å². The van der Waals surface area contributed by atoms with Crippen molar-refractivity contribution in [1.29, 1.82) is 0 Å². The molecule has 0 aliphatic heterocycles. The Morgan fingerprint density at radius 2 is 2.30 bits per heavy atom. The zero-order valence-corrected chi connectivity index (χ0v) is 11.0. The van der Waals surface area contributed by atoms with Crippen molar-refractivity contribution in [2.24, 2.45) is 5.84 Å². The monoisotopic (exact) mass is 290 g/mol. The summed E-state index contributed by atoms with van der Waals surface area (Å²) in [7, 11) is 0. The van der Waals surface area contributed by atoms with Gasteiger partial charge in [0.25, 0.3) is 5.91 Å². The minimum absolute atomic E-state index is 0.203. The van der Waals surface area contributed by atoms with Crippen LogP contribution in [0.2, 0.25) is 0 Å². The molecule has 0 spiro atoms. The molecule has 102 valence electrons. The van der Waals surface area contributed by atoms with Crippen molar-refractivity contribution in [3.8, 4) is 0 Å². The van der Waals surface area contributed by atoms with E-state index in [1.807, 2.05) is 5.43 Å². The van der Waals surface area contributed by atoms with Crippen LogP contribution in [-0.2, 0) is 6.54 Å². The third-order valence-corrected chi connectivity index (χ3v) is 3.57. The van der Waals surface area contributed by atoms with Crippen molar-refractivity contribution >= 4 is 22.9 Å². The van der Waals surface area contributed by atoms with Gasteiger partial charge in [0.05, 0.1) is 12.2 Å². The number of nitrogens with zero attached hydrogens (tertiary/aromatic N) is 4. The highest BCUT2D eigenvalue weighted by molar-refractivity contribution is 7.11. The minimum Gasteiger partial charge on any atom is -0.288 e. The number of thiazole rings is 1. The van der Waals surface area contributed by atoms with Crippen molar-refractivity contribution in [3.63, 3.8) is 0 Å². The molecule has 0 atom stereocenters. The van der Waals surface area contributed by atoms with E-state index in [1.165, 1.54) is 9.08 Å². The number of hydrazine groups is 1. The first kappa shape index (κ1) is 12.5. The first-order valence-corrected chi connectivity index (χ1v) is 6.56. The SMILES string of the molecule is NNC(=O)c1nc(Cn2nc3ccccn3c2=O)cs1. The lowest BCUT2D eigenvalue weighted by Crippen LogP contribution is -2.30. The predicted molar refractivity (Wildman–Crippen MR) is 72.3 cm³/mol. The second kappa shape index (κ2) is 4.87. The molecule has 3 heterocycles. The zero-order chi connectivity index (χ0) is 14.1. The van der Waals surface area contributed by atoms with Gasteiger partial charge in [0.2, 0.25) is 0 Å². The Labute approximate surface area is 116 Å². The van der Waals surface area contributed by atoms with Gasteiger partial charge in [0, 0.05) is 11.6 Å². The summed E-state index contributed by atoms with van der Waals surface area (Å²) in [5.41, 5.74) is 2.91. The molecule has 3 rings (SSSR count). The highest BCUT2D eigenvalue weighted by Crippen LogP contribution is 2.10. The van der Waals surface area contributed by atoms with E-state index >= 15 is 0 Å². The van der Waals surface area contributed by atoms with Gasteiger partial charge in [0.1, 0.15) is 0 Å². The van der Waals surface area contributed by atoms with Gasteiger partial charge in [-0.25, -0.2) is 20.3 Å². The molecule has 3 aromatic heterocycles. The Kier molecular flexibility index (Phi) is 3.05. The summed E-state index contributed by atoms with van der Waals surface area (Å²) < 4.78 is 2.74. The summed E-state index contributed by atoms with van der Waals surface area (Å²) in [6.07, 6.45) is 1.65.